The Hall–Kier alpha value is -1.87. The van der Waals surface area contributed by atoms with Crippen LogP contribution in [0, 0.1) is 0 Å². The van der Waals surface area contributed by atoms with Crippen molar-refractivity contribution in [3.05, 3.63) is 71.8 Å². The minimum Gasteiger partial charge on any atom is -0.362 e. The summed E-state index contributed by atoms with van der Waals surface area (Å²) in [4.78, 5) is 0. The summed E-state index contributed by atoms with van der Waals surface area (Å²) < 4.78 is 0. The third kappa shape index (κ3) is 5.20. The second-order valence-corrected chi connectivity index (χ2v) is 5.42. The molecule has 2 aromatic rings. The molecule has 0 heterocycles. The number of benzene rings is 2. The summed E-state index contributed by atoms with van der Waals surface area (Å²) in [7, 11) is 0. The van der Waals surface area contributed by atoms with E-state index in [4.69, 9.17) is 12.2 Å². The van der Waals surface area contributed by atoms with E-state index in [0.29, 0.717) is 0 Å². The van der Waals surface area contributed by atoms with Gasteiger partial charge in [0, 0.05) is 6.54 Å². The predicted octanol–water partition coefficient (Wildman–Crippen LogP) is 3.84. The second kappa shape index (κ2) is 8.42. The Balaban J connectivity index is 1.78. The van der Waals surface area contributed by atoms with Gasteiger partial charge in [0.2, 0.25) is 0 Å². The third-order valence-corrected chi connectivity index (χ3v) is 3.72. The van der Waals surface area contributed by atoms with Gasteiger partial charge in [-0.2, -0.15) is 0 Å². The first kappa shape index (κ1) is 15.5. The summed E-state index contributed by atoms with van der Waals surface area (Å²) in [6, 6.07) is 21.1. The van der Waals surface area contributed by atoms with Crippen molar-refractivity contribution in [3.63, 3.8) is 0 Å². The van der Waals surface area contributed by atoms with E-state index in [0.717, 1.165) is 24.5 Å². The van der Waals surface area contributed by atoms with Crippen LogP contribution in [0.3, 0.4) is 0 Å². The van der Waals surface area contributed by atoms with Crippen LogP contribution in [0.2, 0.25) is 0 Å². The summed E-state index contributed by atoms with van der Waals surface area (Å²) in [5.41, 5.74) is 2.59. The molecule has 0 saturated heterocycles. The van der Waals surface area contributed by atoms with Gasteiger partial charge in [-0.3, -0.25) is 0 Å². The molecule has 2 N–H and O–H groups in total. The fourth-order valence-electron chi connectivity index (χ4n) is 2.28. The third-order valence-electron chi connectivity index (χ3n) is 3.46. The van der Waals surface area contributed by atoms with Gasteiger partial charge in [-0.25, -0.2) is 0 Å². The maximum absolute atomic E-state index is 5.39. The molecule has 3 heteroatoms. The van der Waals surface area contributed by atoms with Crippen LogP contribution in [0.4, 0.5) is 0 Å². The number of thiocarbonyl (C=S) groups is 1. The second-order valence-electron chi connectivity index (χ2n) is 5.01. The fourth-order valence-corrected chi connectivity index (χ4v) is 2.53. The molecule has 0 spiro atoms. The van der Waals surface area contributed by atoms with Crippen LogP contribution in [-0.2, 0) is 6.42 Å². The van der Waals surface area contributed by atoms with Crippen LogP contribution >= 0.6 is 12.2 Å². The fraction of sp³-hybridized carbons (Fsp3) is 0.278. The Morgan fingerprint density at radius 1 is 1.00 bits per heavy atom. The van der Waals surface area contributed by atoms with Crippen molar-refractivity contribution < 1.29 is 0 Å². The van der Waals surface area contributed by atoms with E-state index in [1.165, 1.54) is 11.1 Å². The topological polar surface area (TPSA) is 24.1 Å². The van der Waals surface area contributed by atoms with E-state index >= 15 is 0 Å². The minimum absolute atomic E-state index is 0.267. The zero-order valence-corrected chi connectivity index (χ0v) is 13.2. The SMILES string of the molecule is CCC(NC(=S)NCCc1ccccc1)c1ccccc1. The molecule has 1 unspecified atom stereocenters. The highest BCUT2D eigenvalue weighted by Gasteiger charge is 2.09. The first-order valence-electron chi connectivity index (χ1n) is 7.43. The standard InChI is InChI=1S/C18H22N2S/c1-2-17(16-11-7-4-8-12-16)20-18(21)19-14-13-15-9-5-3-6-10-15/h3-12,17H,2,13-14H2,1H3,(H2,19,20,21). The Morgan fingerprint density at radius 2 is 1.62 bits per heavy atom. The summed E-state index contributed by atoms with van der Waals surface area (Å²) >= 11 is 5.39. The average Bonchev–Trinajstić information content (AvgIpc) is 2.54. The highest BCUT2D eigenvalue weighted by molar-refractivity contribution is 7.80. The molecule has 1 atom stereocenters. The predicted molar refractivity (Wildman–Crippen MR) is 93.4 cm³/mol. The van der Waals surface area contributed by atoms with Crippen molar-refractivity contribution in [2.45, 2.75) is 25.8 Å². The van der Waals surface area contributed by atoms with Crippen LogP contribution in [0.5, 0.6) is 0 Å². The van der Waals surface area contributed by atoms with Gasteiger partial charge in [-0.15, -0.1) is 0 Å². The Kier molecular flexibility index (Phi) is 6.22. The molecule has 0 radical (unpaired) electrons. The molecule has 0 aliphatic rings. The molecule has 21 heavy (non-hydrogen) atoms. The lowest BCUT2D eigenvalue weighted by atomic mass is 10.1. The molecule has 0 fully saturated rings. The van der Waals surface area contributed by atoms with Gasteiger partial charge in [0.15, 0.2) is 5.11 Å². The van der Waals surface area contributed by atoms with E-state index in [9.17, 15) is 0 Å². The van der Waals surface area contributed by atoms with Gasteiger partial charge in [-0.1, -0.05) is 67.6 Å². The first-order chi connectivity index (χ1) is 10.3. The number of rotatable bonds is 6. The Morgan fingerprint density at radius 3 is 2.24 bits per heavy atom. The summed E-state index contributed by atoms with van der Waals surface area (Å²) in [5, 5.41) is 7.40. The van der Waals surface area contributed by atoms with E-state index in [1.807, 2.05) is 12.1 Å². The van der Waals surface area contributed by atoms with E-state index < -0.39 is 0 Å². The first-order valence-corrected chi connectivity index (χ1v) is 7.83. The van der Waals surface area contributed by atoms with Gasteiger partial charge in [0.1, 0.15) is 0 Å². The van der Waals surface area contributed by atoms with Crippen LogP contribution in [-0.4, -0.2) is 11.7 Å². The minimum atomic E-state index is 0.267. The highest BCUT2D eigenvalue weighted by Crippen LogP contribution is 2.15. The van der Waals surface area contributed by atoms with E-state index in [1.54, 1.807) is 0 Å². The zero-order chi connectivity index (χ0) is 14.9. The van der Waals surface area contributed by atoms with Crippen LogP contribution in [0.25, 0.3) is 0 Å². The molecule has 0 amide bonds. The Labute approximate surface area is 132 Å². The number of hydrogen-bond acceptors (Lipinski definition) is 1. The lowest BCUT2D eigenvalue weighted by molar-refractivity contribution is 0.616. The monoisotopic (exact) mass is 298 g/mol. The molecule has 0 aliphatic heterocycles. The summed E-state index contributed by atoms with van der Waals surface area (Å²) in [6.45, 7) is 3.01. The number of nitrogens with one attached hydrogen (secondary N) is 2. The maximum atomic E-state index is 5.39. The Bertz CT molecular complexity index is 540. The van der Waals surface area contributed by atoms with Gasteiger partial charge in [0.25, 0.3) is 0 Å². The van der Waals surface area contributed by atoms with Crippen molar-refractivity contribution in [2.75, 3.05) is 6.54 Å². The quantitative estimate of drug-likeness (QED) is 0.792. The van der Waals surface area contributed by atoms with Crippen molar-refractivity contribution in [1.82, 2.24) is 10.6 Å². The molecule has 2 nitrogen and oxygen atoms in total. The van der Waals surface area contributed by atoms with Gasteiger partial charge >= 0.3 is 0 Å². The molecule has 0 aliphatic carbocycles. The van der Waals surface area contributed by atoms with Crippen molar-refractivity contribution in [1.29, 1.82) is 0 Å². The normalized spacial score (nSPS) is 11.7. The largest absolute Gasteiger partial charge is 0.362 e. The number of hydrogen-bond donors (Lipinski definition) is 2. The average molecular weight is 298 g/mol. The van der Waals surface area contributed by atoms with Gasteiger partial charge in [0.05, 0.1) is 6.04 Å². The molecular weight excluding hydrogens is 276 g/mol. The molecule has 110 valence electrons. The summed E-state index contributed by atoms with van der Waals surface area (Å²) in [6.07, 6.45) is 1.98. The molecule has 0 bridgehead atoms. The van der Waals surface area contributed by atoms with Crippen molar-refractivity contribution >= 4 is 17.3 Å². The van der Waals surface area contributed by atoms with E-state index in [2.05, 4.69) is 66.1 Å². The van der Waals surface area contributed by atoms with Crippen LogP contribution in [0.15, 0.2) is 60.7 Å². The van der Waals surface area contributed by atoms with Gasteiger partial charge in [-0.05, 0) is 36.2 Å². The molecule has 2 rings (SSSR count). The maximum Gasteiger partial charge on any atom is 0.166 e. The molecule has 2 aromatic carbocycles. The molecule has 0 saturated carbocycles. The lowest BCUT2D eigenvalue weighted by Gasteiger charge is -2.20. The lowest BCUT2D eigenvalue weighted by Crippen LogP contribution is -2.38. The van der Waals surface area contributed by atoms with Gasteiger partial charge < -0.3 is 10.6 Å². The smallest absolute Gasteiger partial charge is 0.166 e. The zero-order valence-electron chi connectivity index (χ0n) is 12.4. The van der Waals surface area contributed by atoms with Crippen molar-refractivity contribution in [3.8, 4) is 0 Å². The molecule has 0 aromatic heterocycles. The van der Waals surface area contributed by atoms with Crippen LogP contribution < -0.4 is 10.6 Å². The summed E-state index contributed by atoms with van der Waals surface area (Å²) in [5.74, 6) is 0. The van der Waals surface area contributed by atoms with Crippen LogP contribution in [0.1, 0.15) is 30.5 Å². The highest BCUT2D eigenvalue weighted by atomic mass is 32.1. The molecular formula is C18H22N2S. The van der Waals surface area contributed by atoms with Crippen molar-refractivity contribution in [2.24, 2.45) is 0 Å². The van der Waals surface area contributed by atoms with E-state index in [-0.39, 0.29) is 6.04 Å².